The molecule has 6 nitrogen and oxygen atoms in total. The van der Waals surface area contributed by atoms with Crippen molar-refractivity contribution in [3.8, 4) is 0 Å². The maximum Gasteiger partial charge on any atom is 0.329 e. The van der Waals surface area contributed by atoms with Crippen LogP contribution < -0.4 is 0 Å². The van der Waals surface area contributed by atoms with Crippen LogP contribution in [0.4, 0.5) is 0 Å². The molecule has 1 aliphatic heterocycles. The summed E-state index contributed by atoms with van der Waals surface area (Å²) in [5, 5.41) is 9.56. The topological polar surface area (TPSA) is 91.8 Å². The Morgan fingerprint density at radius 3 is 2.33 bits per heavy atom. The lowest BCUT2D eigenvalue weighted by atomic mass is 9.80. The van der Waals surface area contributed by atoms with Crippen LogP contribution >= 0.6 is 0 Å². The van der Waals surface area contributed by atoms with Crippen LogP contribution in [0.2, 0.25) is 0 Å². The van der Waals surface area contributed by atoms with Crippen molar-refractivity contribution in [2.75, 3.05) is 18.6 Å². The summed E-state index contributed by atoms with van der Waals surface area (Å²) in [4.78, 5) is 25.4. The summed E-state index contributed by atoms with van der Waals surface area (Å²) in [6.45, 7) is 0. The van der Waals surface area contributed by atoms with E-state index in [1.165, 1.54) is 4.90 Å². The highest BCUT2D eigenvalue weighted by Crippen LogP contribution is 2.34. The molecule has 0 aromatic heterocycles. The second-order valence-electron chi connectivity index (χ2n) is 6.32. The maximum atomic E-state index is 12.4. The third kappa shape index (κ3) is 3.39. The predicted octanol–water partition coefficient (Wildman–Crippen LogP) is 1.06. The van der Waals surface area contributed by atoms with Gasteiger partial charge in [0.25, 0.3) is 0 Å². The summed E-state index contributed by atoms with van der Waals surface area (Å²) in [6.07, 6.45) is 4.20. The van der Waals surface area contributed by atoms with Gasteiger partial charge in [0, 0.05) is 13.5 Å². The average molecular weight is 317 g/mol. The zero-order valence-corrected chi connectivity index (χ0v) is 13.2. The summed E-state index contributed by atoms with van der Waals surface area (Å²) < 4.78 is 22.9. The minimum Gasteiger partial charge on any atom is -0.479 e. The Bertz CT molecular complexity index is 521. The Labute approximate surface area is 125 Å². The molecule has 1 N–H and O–H groups in total. The fourth-order valence-corrected chi connectivity index (χ4v) is 5.35. The lowest BCUT2D eigenvalue weighted by Gasteiger charge is -2.41. The first-order chi connectivity index (χ1) is 9.77. The molecule has 2 fully saturated rings. The van der Waals surface area contributed by atoms with Gasteiger partial charge in [0.1, 0.15) is 5.54 Å². The fraction of sp³-hybridized carbons (Fsp3) is 0.857. The third-order valence-electron chi connectivity index (χ3n) is 4.88. The van der Waals surface area contributed by atoms with E-state index in [0.29, 0.717) is 19.3 Å². The summed E-state index contributed by atoms with van der Waals surface area (Å²) in [5.41, 5.74) is -1.10. The molecule has 1 saturated heterocycles. The number of hydrogen-bond acceptors (Lipinski definition) is 4. The highest BCUT2D eigenvalue weighted by Gasteiger charge is 2.45. The number of rotatable bonds is 4. The molecule has 0 aromatic carbocycles. The first kappa shape index (κ1) is 16.3. The van der Waals surface area contributed by atoms with Crippen molar-refractivity contribution < 1.29 is 23.1 Å². The lowest BCUT2D eigenvalue weighted by molar-refractivity contribution is -0.160. The van der Waals surface area contributed by atoms with Crippen molar-refractivity contribution in [2.45, 2.75) is 50.5 Å². The minimum atomic E-state index is -3.01. The van der Waals surface area contributed by atoms with Gasteiger partial charge in [0.15, 0.2) is 9.84 Å². The van der Waals surface area contributed by atoms with Crippen molar-refractivity contribution in [3.05, 3.63) is 0 Å². The number of likely N-dealkylation sites (N-methyl/N-ethyl adjacent to an activating group) is 1. The fourth-order valence-electron chi connectivity index (χ4n) is 3.48. The number of nitrogens with zero attached hydrogens (tertiary/aromatic N) is 1. The molecule has 120 valence electrons. The molecule has 2 aliphatic rings. The second-order valence-corrected chi connectivity index (χ2v) is 8.55. The quantitative estimate of drug-likeness (QED) is 0.837. The number of aliphatic carboxylic acids is 1. The summed E-state index contributed by atoms with van der Waals surface area (Å²) in [5.74, 6) is -1.18. The van der Waals surface area contributed by atoms with Gasteiger partial charge in [-0.1, -0.05) is 19.3 Å². The monoisotopic (exact) mass is 317 g/mol. The number of carbonyl (C=O) groups excluding carboxylic acids is 1. The lowest BCUT2D eigenvalue weighted by Crippen LogP contribution is -2.56. The molecule has 1 atom stereocenters. The van der Waals surface area contributed by atoms with Crippen molar-refractivity contribution in [3.63, 3.8) is 0 Å². The molecule has 1 aliphatic carbocycles. The molecule has 1 saturated carbocycles. The zero-order chi connectivity index (χ0) is 15.7. The van der Waals surface area contributed by atoms with Crippen LogP contribution in [0, 0.1) is 5.92 Å². The van der Waals surface area contributed by atoms with Crippen LogP contribution in [0.25, 0.3) is 0 Å². The maximum absolute atomic E-state index is 12.4. The average Bonchev–Trinajstić information content (AvgIpc) is 2.77. The van der Waals surface area contributed by atoms with Crippen molar-refractivity contribution in [2.24, 2.45) is 5.92 Å². The number of amides is 1. The molecule has 2 rings (SSSR count). The van der Waals surface area contributed by atoms with Gasteiger partial charge in [-0.15, -0.1) is 0 Å². The molecular formula is C14H23NO5S. The van der Waals surface area contributed by atoms with Crippen LogP contribution in [0.3, 0.4) is 0 Å². The molecule has 1 amide bonds. The van der Waals surface area contributed by atoms with Crippen molar-refractivity contribution in [1.29, 1.82) is 0 Å². The molecule has 0 aromatic rings. The first-order valence-corrected chi connectivity index (χ1v) is 9.29. The largest absolute Gasteiger partial charge is 0.479 e. The number of carboxylic acid groups (broad SMARTS) is 1. The van der Waals surface area contributed by atoms with Gasteiger partial charge in [-0.2, -0.15) is 0 Å². The summed E-state index contributed by atoms with van der Waals surface area (Å²) in [7, 11) is -1.46. The summed E-state index contributed by atoms with van der Waals surface area (Å²) in [6, 6.07) is 0. The second kappa shape index (κ2) is 5.94. The Hall–Kier alpha value is -1.11. The van der Waals surface area contributed by atoms with Gasteiger partial charge in [0.2, 0.25) is 5.91 Å². The van der Waals surface area contributed by atoms with E-state index in [0.717, 1.165) is 19.3 Å². The molecule has 0 radical (unpaired) electrons. The summed E-state index contributed by atoms with van der Waals surface area (Å²) >= 11 is 0. The predicted molar refractivity (Wildman–Crippen MR) is 77.6 cm³/mol. The van der Waals surface area contributed by atoms with E-state index in [1.807, 2.05) is 0 Å². The smallest absolute Gasteiger partial charge is 0.329 e. The van der Waals surface area contributed by atoms with Crippen molar-refractivity contribution in [1.82, 2.24) is 4.90 Å². The number of carboxylic acids is 1. The number of sulfone groups is 1. The van der Waals surface area contributed by atoms with Gasteiger partial charge in [-0.3, -0.25) is 4.79 Å². The highest BCUT2D eigenvalue weighted by atomic mass is 32.2. The van der Waals surface area contributed by atoms with Crippen LogP contribution in [0.1, 0.15) is 44.9 Å². The Morgan fingerprint density at radius 2 is 1.86 bits per heavy atom. The van der Waals surface area contributed by atoms with E-state index < -0.39 is 21.3 Å². The van der Waals surface area contributed by atoms with E-state index in [-0.39, 0.29) is 29.8 Å². The molecule has 1 heterocycles. The first-order valence-electron chi connectivity index (χ1n) is 7.47. The Balaban J connectivity index is 2.05. The van der Waals surface area contributed by atoms with Crippen LogP contribution in [-0.4, -0.2) is 54.4 Å². The van der Waals surface area contributed by atoms with Gasteiger partial charge in [-0.25, -0.2) is 13.2 Å². The molecule has 0 bridgehead atoms. The van der Waals surface area contributed by atoms with Crippen LogP contribution in [0.15, 0.2) is 0 Å². The van der Waals surface area contributed by atoms with Crippen molar-refractivity contribution >= 4 is 21.7 Å². The van der Waals surface area contributed by atoms with E-state index in [1.54, 1.807) is 7.05 Å². The minimum absolute atomic E-state index is 0.0483. The SMILES string of the molecule is CN(C(=O)CC1CCS(=O)(=O)C1)C1(C(=O)O)CCCCC1. The van der Waals surface area contributed by atoms with Gasteiger partial charge in [0.05, 0.1) is 11.5 Å². The molecule has 1 unspecified atom stereocenters. The van der Waals surface area contributed by atoms with Gasteiger partial charge < -0.3 is 10.0 Å². The van der Waals surface area contributed by atoms with E-state index in [4.69, 9.17) is 0 Å². The van der Waals surface area contributed by atoms with Gasteiger partial charge in [-0.05, 0) is 25.2 Å². The molecular weight excluding hydrogens is 294 g/mol. The zero-order valence-electron chi connectivity index (χ0n) is 12.4. The highest BCUT2D eigenvalue weighted by molar-refractivity contribution is 7.91. The molecule has 7 heteroatoms. The van der Waals surface area contributed by atoms with Gasteiger partial charge >= 0.3 is 5.97 Å². The third-order valence-corrected chi connectivity index (χ3v) is 6.72. The van der Waals surface area contributed by atoms with E-state index >= 15 is 0 Å². The normalized spacial score (nSPS) is 27.2. The van der Waals surface area contributed by atoms with E-state index in [2.05, 4.69) is 0 Å². The van der Waals surface area contributed by atoms with Crippen LogP contribution in [0.5, 0.6) is 0 Å². The van der Waals surface area contributed by atoms with E-state index in [9.17, 15) is 23.1 Å². The molecule has 0 spiro atoms. The number of carbonyl (C=O) groups is 2. The Morgan fingerprint density at radius 1 is 1.24 bits per heavy atom. The standard InChI is InChI=1S/C14H23NO5S/c1-15(14(13(17)18)6-3-2-4-7-14)12(16)9-11-5-8-21(19,20)10-11/h11H,2-10H2,1H3,(H,17,18). The molecule has 21 heavy (non-hydrogen) atoms. The van der Waals surface area contributed by atoms with Crippen LogP contribution in [-0.2, 0) is 19.4 Å². The Kier molecular flexibility index (Phi) is 4.60. The number of hydrogen-bond donors (Lipinski definition) is 1.